The Morgan fingerprint density at radius 3 is 2.04 bits per heavy atom. The lowest BCUT2D eigenvalue weighted by atomic mass is 10.1. The molecule has 1 rings (SSSR count). The molecule has 0 aromatic heterocycles. The van der Waals surface area contributed by atoms with Crippen LogP contribution < -0.4 is 16.0 Å². The standard InChI is InChI=1S/C10H12N2O2S2.C6H15N/c11-9(14)8(12-10(15)16)5-6-1-3-7(13)4-2-6;1-4-7(5-2)6-3/h1-4,8,13H,5H2,(H2,11,14)(H2,12,15,16);4-6H2,1-3H3. The fourth-order valence-corrected chi connectivity index (χ4v) is 2.27. The summed E-state index contributed by atoms with van der Waals surface area (Å²) in [5.74, 6) is -0.341. The Morgan fingerprint density at radius 2 is 1.74 bits per heavy atom. The van der Waals surface area contributed by atoms with Gasteiger partial charge in [0.25, 0.3) is 0 Å². The second-order valence-corrected chi connectivity index (χ2v) is 6.14. The van der Waals surface area contributed by atoms with Gasteiger partial charge < -0.3 is 45.9 Å². The molecular weight excluding hydrogens is 330 g/mol. The van der Waals surface area contributed by atoms with Gasteiger partial charge in [0, 0.05) is 6.42 Å². The first-order valence-electron chi connectivity index (χ1n) is 7.72. The van der Waals surface area contributed by atoms with Crippen LogP contribution in [0.4, 0.5) is 0 Å². The van der Waals surface area contributed by atoms with E-state index < -0.39 is 11.9 Å². The number of thiocarbonyl (C=S) groups is 1. The number of benzene rings is 1. The van der Waals surface area contributed by atoms with E-state index in [-0.39, 0.29) is 10.1 Å². The van der Waals surface area contributed by atoms with Gasteiger partial charge in [-0.05, 0) is 38.5 Å². The summed E-state index contributed by atoms with van der Waals surface area (Å²) in [6.45, 7) is 10.5. The first kappa shape index (κ1) is 21.6. The van der Waals surface area contributed by atoms with Crippen LogP contribution in [0, 0.1) is 0 Å². The van der Waals surface area contributed by atoms with Crippen molar-refractivity contribution in [2.45, 2.75) is 33.2 Å². The van der Waals surface area contributed by atoms with E-state index in [1.54, 1.807) is 29.2 Å². The van der Waals surface area contributed by atoms with Crippen LogP contribution in [0.3, 0.4) is 0 Å². The van der Waals surface area contributed by atoms with E-state index >= 15 is 0 Å². The zero-order valence-electron chi connectivity index (χ0n) is 14.0. The summed E-state index contributed by atoms with van der Waals surface area (Å²) < 4.78 is 0.113. The summed E-state index contributed by atoms with van der Waals surface area (Å²) in [5.41, 5.74) is 6.07. The third-order valence-corrected chi connectivity index (χ3v) is 3.75. The minimum Gasteiger partial charge on any atom is -0.508 e. The molecule has 0 saturated carbocycles. The molecule has 23 heavy (non-hydrogen) atoms. The average Bonchev–Trinajstić information content (AvgIpc) is 2.50. The van der Waals surface area contributed by atoms with Gasteiger partial charge in [-0.25, -0.2) is 0 Å². The lowest BCUT2D eigenvalue weighted by Crippen LogP contribution is -3.11. The predicted molar refractivity (Wildman–Crippen MR) is 100 cm³/mol. The summed E-state index contributed by atoms with van der Waals surface area (Å²) in [7, 11) is 0. The normalized spacial score (nSPS) is 11.3. The van der Waals surface area contributed by atoms with E-state index in [2.05, 4.69) is 50.9 Å². The van der Waals surface area contributed by atoms with Crippen LogP contribution >= 0.6 is 12.2 Å². The van der Waals surface area contributed by atoms with Crippen molar-refractivity contribution >= 4 is 35.1 Å². The molecule has 0 radical (unpaired) electrons. The minimum absolute atomic E-state index is 0.113. The smallest absolute Gasteiger partial charge is 0.240 e. The lowest BCUT2D eigenvalue weighted by molar-refractivity contribution is -0.894. The number of carbonyl (C=O) groups is 1. The molecule has 1 aromatic carbocycles. The highest BCUT2D eigenvalue weighted by molar-refractivity contribution is 8.00. The molecule has 5 N–H and O–H groups in total. The third kappa shape index (κ3) is 10.0. The van der Waals surface area contributed by atoms with Crippen molar-refractivity contribution in [2.75, 3.05) is 19.6 Å². The van der Waals surface area contributed by atoms with Gasteiger partial charge in [-0.1, -0.05) is 16.5 Å². The molecule has 1 unspecified atom stereocenters. The highest BCUT2D eigenvalue weighted by Gasteiger charge is 2.14. The number of amides is 1. The Hall–Kier alpha value is -1.44. The molecule has 0 bridgehead atoms. The van der Waals surface area contributed by atoms with Gasteiger partial charge >= 0.3 is 0 Å². The molecule has 7 heteroatoms. The van der Waals surface area contributed by atoms with E-state index in [0.717, 1.165) is 5.56 Å². The van der Waals surface area contributed by atoms with Crippen molar-refractivity contribution in [3.8, 4) is 5.75 Å². The molecule has 130 valence electrons. The Kier molecular flexibility index (Phi) is 11.3. The van der Waals surface area contributed by atoms with Crippen molar-refractivity contribution < 1.29 is 14.8 Å². The Balaban J connectivity index is 0.000000585. The number of nitrogens with two attached hydrogens (primary N) is 1. The maximum atomic E-state index is 11.1. The summed E-state index contributed by atoms with van der Waals surface area (Å²) in [4.78, 5) is 12.8. The van der Waals surface area contributed by atoms with Crippen molar-refractivity contribution in [2.24, 2.45) is 5.73 Å². The number of hydrogen-bond acceptors (Lipinski definition) is 4. The minimum atomic E-state index is -0.616. The molecule has 0 saturated heterocycles. The molecule has 1 aromatic rings. The van der Waals surface area contributed by atoms with Gasteiger partial charge in [0.15, 0.2) is 0 Å². The fourth-order valence-electron chi connectivity index (χ4n) is 1.98. The second-order valence-electron chi connectivity index (χ2n) is 5.07. The maximum Gasteiger partial charge on any atom is 0.240 e. The van der Waals surface area contributed by atoms with Crippen molar-refractivity contribution in [1.82, 2.24) is 5.32 Å². The van der Waals surface area contributed by atoms with Gasteiger partial charge in [-0.3, -0.25) is 4.79 Å². The molecule has 0 heterocycles. The summed E-state index contributed by atoms with van der Waals surface area (Å²) in [5, 5.41) is 11.8. The summed E-state index contributed by atoms with van der Waals surface area (Å²) >= 11 is 9.37. The molecule has 5 nitrogen and oxygen atoms in total. The Bertz CT molecular complexity index is 471. The molecule has 1 amide bonds. The van der Waals surface area contributed by atoms with Crippen molar-refractivity contribution in [1.29, 1.82) is 0 Å². The van der Waals surface area contributed by atoms with Gasteiger partial charge in [-0.15, -0.1) is 0 Å². The Morgan fingerprint density at radius 1 is 1.26 bits per heavy atom. The van der Waals surface area contributed by atoms with E-state index in [1.165, 1.54) is 19.6 Å². The fraction of sp³-hybridized carbons (Fsp3) is 0.500. The van der Waals surface area contributed by atoms with Crippen LogP contribution in [0.1, 0.15) is 26.3 Å². The molecule has 0 aliphatic heterocycles. The molecule has 0 aliphatic carbocycles. The molecule has 0 fully saturated rings. The number of carbonyl (C=O) groups excluding carboxylic acids is 1. The molecule has 0 aliphatic rings. The van der Waals surface area contributed by atoms with Gasteiger partial charge in [0.1, 0.15) is 11.8 Å². The number of primary amides is 1. The number of hydrogen-bond donors (Lipinski definition) is 4. The predicted octanol–water partition coefficient (Wildman–Crippen LogP) is 0.141. The molecule has 1 atom stereocenters. The molecular formula is C16H27N3O2S2. The van der Waals surface area contributed by atoms with Crippen LogP contribution in [0.5, 0.6) is 5.75 Å². The number of quaternary nitrogens is 1. The van der Waals surface area contributed by atoms with Gasteiger partial charge in [0.05, 0.1) is 19.6 Å². The van der Waals surface area contributed by atoms with Crippen LogP contribution in [0.15, 0.2) is 24.3 Å². The number of nitrogens with one attached hydrogen (secondary N) is 2. The SMILES string of the molecule is CC[NH+](CC)CC.NC(=O)C(Cc1ccc(O)cc1)NC(=S)[S-]. The number of aromatic hydroxyl groups is 1. The average molecular weight is 358 g/mol. The quantitative estimate of drug-likeness (QED) is 0.412. The number of phenolic OH excluding ortho intramolecular Hbond substituents is 1. The highest BCUT2D eigenvalue weighted by Crippen LogP contribution is 2.11. The first-order valence-corrected chi connectivity index (χ1v) is 8.53. The third-order valence-electron chi connectivity index (χ3n) is 3.51. The summed E-state index contributed by atoms with van der Waals surface area (Å²) in [6.07, 6.45) is 0.381. The van der Waals surface area contributed by atoms with Crippen LogP contribution in [0.2, 0.25) is 0 Å². The van der Waals surface area contributed by atoms with E-state index in [9.17, 15) is 4.79 Å². The monoisotopic (exact) mass is 357 g/mol. The van der Waals surface area contributed by atoms with E-state index in [4.69, 9.17) is 10.8 Å². The topological polar surface area (TPSA) is 79.8 Å². The van der Waals surface area contributed by atoms with E-state index in [0.29, 0.717) is 6.42 Å². The lowest BCUT2D eigenvalue weighted by Gasteiger charge is -2.19. The number of rotatable bonds is 7. The van der Waals surface area contributed by atoms with Crippen molar-refractivity contribution in [3.05, 3.63) is 29.8 Å². The largest absolute Gasteiger partial charge is 0.508 e. The number of phenols is 1. The van der Waals surface area contributed by atoms with Crippen LogP contribution in [-0.2, 0) is 23.8 Å². The highest BCUT2D eigenvalue weighted by atomic mass is 32.1. The molecule has 0 spiro atoms. The zero-order chi connectivity index (χ0) is 17.8. The Labute approximate surface area is 149 Å². The van der Waals surface area contributed by atoms with Crippen LogP contribution in [-0.4, -0.2) is 41.0 Å². The van der Waals surface area contributed by atoms with E-state index in [1.807, 2.05) is 0 Å². The zero-order valence-corrected chi connectivity index (χ0v) is 15.6. The van der Waals surface area contributed by atoms with Gasteiger partial charge in [0.2, 0.25) is 5.91 Å². The van der Waals surface area contributed by atoms with Crippen LogP contribution in [0.25, 0.3) is 0 Å². The maximum absolute atomic E-state index is 11.1. The first-order chi connectivity index (χ1) is 10.8. The van der Waals surface area contributed by atoms with Gasteiger partial charge in [-0.2, -0.15) is 0 Å². The summed E-state index contributed by atoms with van der Waals surface area (Å²) in [6, 6.07) is 5.88. The second kappa shape index (κ2) is 12.0. The van der Waals surface area contributed by atoms with Crippen molar-refractivity contribution in [3.63, 3.8) is 0 Å².